The van der Waals surface area contributed by atoms with Crippen LogP contribution >= 0.6 is 0 Å². The summed E-state index contributed by atoms with van der Waals surface area (Å²) in [6, 6.07) is 3.93. The van der Waals surface area contributed by atoms with E-state index in [4.69, 9.17) is 15.2 Å². The molecule has 0 saturated carbocycles. The number of hydrogen-bond donors (Lipinski definition) is 1. The summed E-state index contributed by atoms with van der Waals surface area (Å²) in [5.41, 5.74) is 7.97. The van der Waals surface area contributed by atoms with Crippen molar-refractivity contribution in [3.8, 4) is 11.5 Å². The van der Waals surface area contributed by atoms with Crippen molar-refractivity contribution >= 4 is 0 Å². The number of rotatable bonds is 4. The van der Waals surface area contributed by atoms with E-state index in [1.807, 2.05) is 12.1 Å². The number of aryl methyl sites for hydroxylation is 1. The first kappa shape index (κ1) is 10.9. The summed E-state index contributed by atoms with van der Waals surface area (Å²) >= 11 is 0. The monoisotopic (exact) mass is 195 g/mol. The molecule has 0 unspecified atom stereocenters. The number of benzene rings is 1. The molecule has 0 amide bonds. The Morgan fingerprint density at radius 2 is 1.57 bits per heavy atom. The van der Waals surface area contributed by atoms with Gasteiger partial charge >= 0.3 is 0 Å². The van der Waals surface area contributed by atoms with Crippen LogP contribution in [0.2, 0.25) is 0 Å². The highest BCUT2D eigenvalue weighted by molar-refractivity contribution is 5.47. The van der Waals surface area contributed by atoms with Crippen LogP contribution in [0.3, 0.4) is 0 Å². The van der Waals surface area contributed by atoms with Crippen LogP contribution in [0.15, 0.2) is 12.1 Å². The van der Waals surface area contributed by atoms with Crippen LogP contribution in [-0.4, -0.2) is 14.2 Å². The molecule has 0 aliphatic heterocycles. The quantitative estimate of drug-likeness (QED) is 0.795. The molecule has 1 aromatic rings. The third-order valence-corrected chi connectivity index (χ3v) is 2.31. The van der Waals surface area contributed by atoms with Crippen LogP contribution in [0.25, 0.3) is 0 Å². The molecule has 0 fully saturated rings. The Bertz CT molecular complexity index is 252. The highest BCUT2D eigenvalue weighted by Crippen LogP contribution is 2.30. The van der Waals surface area contributed by atoms with Gasteiger partial charge in [-0.15, -0.1) is 0 Å². The highest BCUT2D eigenvalue weighted by atomic mass is 16.5. The molecule has 0 atom stereocenters. The summed E-state index contributed by atoms with van der Waals surface area (Å²) in [6.45, 7) is 2.63. The SMILES string of the molecule is CCc1cc(OC)c(OC)cc1CN. The third kappa shape index (κ3) is 1.99. The van der Waals surface area contributed by atoms with E-state index in [0.717, 1.165) is 23.5 Å². The van der Waals surface area contributed by atoms with Gasteiger partial charge in [0.05, 0.1) is 14.2 Å². The van der Waals surface area contributed by atoms with Crippen molar-refractivity contribution in [1.29, 1.82) is 0 Å². The van der Waals surface area contributed by atoms with Crippen molar-refractivity contribution in [3.63, 3.8) is 0 Å². The topological polar surface area (TPSA) is 44.5 Å². The maximum absolute atomic E-state index is 5.64. The Morgan fingerprint density at radius 1 is 1.07 bits per heavy atom. The van der Waals surface area contributed by atoms with Crippen LogP contribution in [0.4, 0.5) is 0 Å². The van der Waals surface area contributed by atoms with Crippen molar-refractivity contribution in [1.82, 2.24) is 0 Å². The van der Waals surface area contributed by atoms with Crippen LogP contribution < -0.4 is 15.2 Å². The molecule has 0 spiro atoms. The largest absolute Gasteiger partial charge is 0.493 e. The van der Waals surface area contributed by atoms with Gasteiger partial charge < -0.3 is 15.2 Å². The molecule has 0 aliphatic carbocycles. The van der Waals surface area contributed by atoms with Gasteiger partial charge in [0.2, 0.25) is 0 Å². The van der Waals surface area contributed by atoms with Gasteiger partial charge in [-0.2, -0.15) is 0 Å². The lowest BCUT2D eigenvalue weighted by Crippen LogP contribution is -2.03. The van der Waals surface area contributed by atoms with E-state index in [9.17, 15) is 0 Å². The second kappa shape index (κ2) is 4.86. The van der Waals surface area contributed by atoms with Gasteiger partial charge in [0.25, 0.3) is 0 Å². The summed E-state index contributed by atoms with van der Waals surface area (Å²) in [4.78, 5) is 0. The fraction of sp³-hybridized carbons (Fsp3) is 0.455. The lowest BCUT2D eigenvalue weighted by Gasteiger charge is -2.12. The van der Waals surface area contributed by atoms with Crippen molar-refractivity contribution < 1.29 is 9.47 Å². The van der Waals surface area contributed by atoms with Gasteiger partial charge in [0.15, 0.2) is 11.5 Å². The Balaban J connectivity index is 3.20. The lowest BCUT2D eigenvalue weighted by atomic mass is 10.0. The predicted octanol–water partition coefficient (Wildman–Crippen LogP) is 1.72. The molecular formula is C11H17NO2. The van der Waals surface area contributed by atoms with Gasteiger partial charge in [0, 0.05) is 6.54 Å². The Labute approximate surface area is 84.8 Å². The molecule has 3 nitrogen and oxygen atoms in total. The minimum absolute atomic E-state index is 0.531. The zero-order valence-corrected chi connectivity index (χ0v) is 8.96. The fourth-order valence-electron chi connectivity index (χ4n) is 1.48. The van der Waals surface area contributed by atoms with Gasteiger partial charge in [-0.05, 0) is 29.7 Å². The second-order valence-corrected chi connectivity index (χ2v) is 3.03. The Kier molecular flexibility index (Phi) is 3.77. The van der Waals surface area contributed by atoms with Gasteiger partial charge in [-0.1, -0.05) is 6.92 Å². The zero-order valence-electron chi connectivity index (χ0n) is 8.96. The number of nitrogens with two attached hydrogens (primary N) is 1. The third-order valence-electron chi connectivity index (χ3n) is 2.31. The minimum Gasteiger partial charge on any atom is -0.493 e. The molecule has 0 bridgehead atoms. The molecule has 78 valence electrons. The molecule has 1 rings (SSSR count). The van der Waals surface area contributed by atoms with Gasteiger partial charge in [-0.3, -0.25) is 0 Å². The summed E-state index contributed by atoms with van der Waals surface area (Å²) in [5.74, 6) is 1.51. The fourth-order valence-corrected chi connectivity index (χ4v) is 1.48. The zero-order chi connectivity index (χ0) is 10.6. The van der Waals surface area contributed by atoms with E-state index in [1.165, 1.54) is 5.56 Å². The van der Waals surface area contributed by atoms with Crippen LogP contribution in [0.1, 0.15) is 18.1 Å². The van der Waals surface area contributed by atoms with Crippen LogP contribution in [0.5, 0.6) is 11.5 Å². The number of hydrogen-bond acceptors (Lipinski definition) is 3. The van der Waals surface area contributed by atoms with E-state index in [2.05, 4.69) is 6.92 Å². The predicted molar refractivity (Wildman–Crippen MR) is 56.8 cm³/mol. The molecular weight excluding hydrogens is 178 g/mol. The van der Waals surface area contributed by atoms with Crippen LogP contribution in [-0.2, 0) is 13.0 Å². The standard InChI is InChI=1S/C11H17NO2/c1-4-8-5-10(13-2)11(14-3)6-9(8)7-12/h5-6H,4,7,12H2,1-3H3. The van der Waals surface area contributed by atoms with E-state index in [-0.39, 0.29) is 0 Å². The summed E-state index contributed by atoms with van der Waals surface area (Å²) in [6.07, 6.45) is 0.951. The maximum Gasteiger partial charge on any atom is 0.161 e. The van der Waals surface area contributed by atoms with E-state index < -0.39 is 0 Å². The van der Waals surface area contributed by atoms with E-state index in [0.29, 0.717) is 6.54 Å². The first-order valence-electron chi connectivity index (χ1n) is 4.70. The molecule has 0 radical (unpaired) electrons. The molecule has 0 aromatic heterocycles. The van der Waals surface area contributed by atoms with E-state index in [1.54, 1.807) is 14.2 Å². The molecule has 14 heavy (non-hydrogen) atoms. The number of ether oxygens (including phenoxy) is 2. The normalized spacial score (nSPS) is 10.0. The van der Waals surface area contributed by atoms with Crippen molar-refractivity contribution in [2.24, 2.45) is 5.73 Å². The van der Waals surface area contributed by atoms with Crippen molar-refractivity contribution in [3.05, 3.63) is 23.3 Å². The lowest BCUT2D eigenvalue weighted by molar-refractivity contribution is 0.354. The average molecular weight is 195 g/mol. The Morgan fingerprint density at radius 3 is 1.93 bits per heavy atom. The number of methoxy groups -OCH3 is 2. The van der Waals surface area contributed by atoms with E-state index >= 15 is 0 Å². The first-order valence-corrected chi connectivity index (χ1v) is 4.70. The summed E-state index contributed by atoms with van der Waals surface area (Å²) in [5, 5.41) is 0. The van der Waals surface area contributed by atoms with Gasteiger partial charge in [0.1, 0.15) is 0 Å². The van der Waals surface area contributed by atoms with Gasteiger partial charge in [-0.25, -0.2) is 0 Å². The molecule has 2 N–H and O–H groups in total. The van der Waals surface area contributed by atoms with Crippen molar-refractivity contribution in [2.45, 2.75) is 19.9 Å². The Hall–Kier alpha value is -1.22. The second-order valence-electron chi connectivity index (χ2n) is 3.03. The van der Waals surface area contributed by atoms with Crippen molar-refractivity contribution in [2.75, 3.05) is 14.2 Å². The smallest absolute Gasteiger partial charge is 0.161 e. The molecule has 1 aromatic carbocycles. The summed E-state index contributed by atoms with van der Waals surface area (Å²) < 4.78 is 10.4. The van der Waals surface area contributed by atoms with Crippen LogP contribution in [0, 0.1) is 0 Å². The maximum atomic E-state index is 5.64. The molecule has 0 aliphatic rings. The average Bonchev–Trinajstić information content (AvgIpc) is 2.26. The summed E-state index contributed by atoms with van der Waals surface area (Å²) in [7, 11) is 3.27. The molecule has 3 heteroatoms. The minimum atomic E-state index is 0.531. The molecule has 0 heterocycles. The highest BCUT2D eigenvalue weighted by Gasteiger charge is 2.08. The first-order chi connectivity index (χ1) is 6.76. The molecule has 0 saturated heterocycles.